The van der Waals surface area contributed by atoms with Gasteiger partial charge in [0.05, 0.1) is 34.5 Å². The molecule has 2 N–H and O–H groups in total. The van der Waals surface area contributed by atoms with E-state index in [0.717, 1.165) is 26.8 Å². The van der Waals surface area contributed by atoms with Crippen LogP contribution in [0.1, 0.15) is 34.1 Å². The number of methoxy groups -OCH3 is 1. The number of aliphatic carboxylic acids is 1. The van der Waals surface area contributed by atoms with Crippen molar-refractivity contribution >= 4 is 40.8 Å². The second-order valence-electron chi connectivity index (χ2n) is 11.2. The van der Waals surface area contributed by atoms with Crippen molar-refractivity contribution in [3.05, 3.63) is 89.9 Å². The molecule has 12 nitrogen and oxygen atoms in total. The van der Waals surface area contributed by atoms with E-state index in [1.165, 1.54) is 51.5 Å². The number of aromatic nitrogens is 4. The van der Waals surface area contributed by atoms with Crippen LogP contribution in [0.4, 0.5) is 10.1 Å². The number of carbonyl (C=O) groups excluding carboxylic acids is 1. The molecule has 46 heavy (non-hydrogen) atoms. The average Bonchev–Trinajstić information content (AvgIpc) is 3.41. The Kier molecular flexibility index (Phi) is 8.17. The maximum Gasteiger partial charge on any atom is 0.346 e. The van der Waals surface area contributed by atoms with Crippen LogP contribution in [0.5, 0.6) is 5.88 Å². The second-order valence-corrected chi connectivity index (χ2v) is 11.9. The van der Waals surface area contributed by atoms with Crippen molar-refractivity contribution in [3.8, 4) is 28.3 Å². The number of nitrogens with one attached hydrogen (secondary N) is 1. The van der Waals surface area contributed by atoms with Crippen LogP contribution in [-0.2, 0) is 25.3 Å². The zero-order valence-electron chi connectivity index (χ0n) is 24.8. The summed E-state index contributed by atoms with van der Waals surface area (Å²) in [5, 5.41) is 15.6. The van der Waals surface area contributed by atoms with Crippen LogP contribution >= 0.6 is 23.2 Å². The number of hydrogen-bond donors (Lipinski definition) is 2. The van der Waals surface area contributed by atoms with E-state index in [2.05, 4.69) is 15.3 Å². The first-order chi connectivity index (χ1) is 21.9. The summed E-state index contributed by atoms with van der Waals surface area (Å²) in [5.74, 6) is -2.41. The Morgan fingerprint density at radius 2 is 1.83 bits per heavy atom. The first-order valence-electron chi connectivity index (χ1n) is 14.2. The van der Waals surface area contributed by atoms with Gasteiger partial charge < -0.3 is 15.2 Å². The van der Waals surface area contributed by atoms with Gasteiger partial charge in [0.15, 0.2) is 0 Å². The Balaban J connectivity index is 1.35. The molecule has 0 radical (unpaired) electrons. The molecule has 1 unspecified atom stereocenters. The molecule has 1 aliphatic heterocycles. The Hall–Kier alpha value is -4.59. The lowest BCUT2D eigenvalue weighted by Gasteiger charge is -2.41. The van der Waals surface area contributed by atoms with Gasteiger partial charge >= 0.3 is 11.7 Å². The predicted molar refractivity (Wildman–Crippen MR) is 168 cm³/mol. The Labute approximate surface area is 271 Å². The Morgan fingerprint density at radius 1 is 1.09 bits per heavy atom. The van der Waals surface area contributed by atoms with Gasteiger partial charge in [-0.15, -0.1) is 0 Å². The third kappa shape index (κ3) is 5.23. The highest BCUT2D eigenvalue weighted by Gasteiger charge is 2.41. The van der Waals surface area contributed by atoms with Crippen LogP contribution in [0.15, 0.2) is 46.0 Å². The lowest BCUT2D eigenvalue weighted by Crippen LogP contribution is -2.51. The number of ether oxygens (including phenoxy) is 1. The van der Waals surface area contributed by atoms with Gasteiger partial charge in [-0.1, -0.05) is 35.3 Å². The molecule has 238 valence electrons. The summed E-state index contributed by atoms with van der Waals surface area (Å²) in [6, 6.07) is 9.15. The fraction of sp³-hybridized carbons (Fsp3) is 0.290. The van der Waals surface area contributed by atoms with Crippen LogP contribution in [-0.4, -0.2) is 61.4 Å². The summed E-state index contributed by atoms with van der Waals surface area (Å²) in [6.07, 6.45) is 1.49. The van der Waals surface area contributed by atoms with Crippen molar-refractivity contribution in [1.82, 2.24) is 24.2 Å². The molecule has 0 spiro atoms. The van der Waals surface area contributed by atoms with Crippen molar-refractivity contribution in [2.75, 3.05) is 25.5 Å². The minimum atomic E-state index is -0.917. The largest absolute Gasteiger partial charge is 0.481 e. The fourth-order valence-electron chi connectivity index (χ4n) is 6.01. The number of pyridine rings is 1. The molecule has 2 aliphatic rings. The number of amides is 1. The number of anilines is 1. The molecule has 6 rings (SSSR count). The number of carboxylic acids is 1. The lowest BCUT2D eigenvalue weighted by molar-refractivity contribution is -0.148. The molecule has 15 heteroatoms. The molecule has 3 heterocycles. The van der Waals surface area contributed by atoms with Gasteiger partial charge in [-0.2, -0.15) is 5.10 Å². The minimum Gasteiger partial charge on any atom is -0.481 e. The normalized spacial score (nSPS) is 16.2. The first-order valence-corrected chi connectivity index (χ1v) is 14.9. The molecule has 1 fully saturated rings. The van der Waals surface area contributed by atoms with Crippen molar-refractivity contribution in [2.24, 2.45) is 20.0 Å². The van der Waals surface area contributed by atoms with Gasteiger partial charge in [0.2, 0.25) is 11.6 Å². The van der Waals surface area contributed by atoms with Gasteiger partial charge in [-0.25, -0.2) is 18.9 Å². The van der Waals surface area contributed by atoms with Gasteiger partial charge in [0.25, 0.3) is 11.5 Å². The van der Waals surface area contributed by atoms with Crippen molar-refractivity contribution in [3.63, 3.8) is 0 Å². The molecule has 1 atom stereocenters. The summed E-state index contributed by atoms with van der Waals surface area (Å²) in [7, 11) is 4.03. The second kappa shape index (κ2) is 12.0. The number of carbonyl (C=O) groups is 2. The van der Waals surface area contributed by atoms with E-state index in [1.54, 1.807) is 0 Å². The van der Waals surface area contributed by atoms with Gasteiger partial charge in [0.1, 0.15) is 5.82 Å². The first kappa shape index (κ1) is 31.4. The zero-order valence-corrected chi connectivity index (χ0v) is 26.3. The van der Waals surface area contributed by atoms with E-state index in [9.17, 15) is 24.3 Å². The van der Waals surface area contributed by atoms with E-state index in [4.69, 9.17) is 32.9 Å². The van der Waals surface area contributed by atoms with E-state index < -0.39 is 40.6 Å². The van der Waals surface area contributed by atoms with Crippen LogP contribution < -0.4 is 21.3 Å². The van der Waals surface area contributed by atoms with Gasteiger partial charge in [0, 0.05) is 55.5 Å². The molecular formula is C31H27Cl2FN6O6. The third-order valence-electron chi connectivity index (χ3n) is 8.44. The molecule has 2 aromatic carbocycles. The SMILES string of the molecule is COc1nc(-c2ccc(F)c(-c3cccc(NC(=O)c4nn(C)c(=O)n(C)c4=O)c3Cl)c2Cl)cc2c1C(N1CC(C(=O)O)C1)CC2. The Morgan fingerprint density at radius 3 is 2.52 bits per heavy atom. The summed E-state index contributed by atoms with van der Waals surface area (Å²) < 4.78 is 22.8. The van der Waals surface area contributed by atoms with Crippen LogP contribution in [0, 0.1) is 11.7 Å². The quantitative estimate of drug-likeness (QED) is 0.299. The van der Waals surface area contributed by atoms with Crippen LogP contribution in [0.3, 0.4) is 0 Å². The smallest absolute Gasteiger partial charge is 0.346 e. The van der Waals surface area contributed by atoms with E-state index in [1.807, 2.05) is 6.07 Å². The average molecular weight is 669 g/mol. The summed E-state index contributed by atoms with van der Waals surface area (Å²) in [5.41, 5.74) is 0.817. The number of hydrogen-bond acceptors (Lipinski definition) is 8. The molecule has 1 amide bonds. The van der Waals surface area contributed by atoms with Crippen LogP contribution in [0.25, 0.3) is 22.4 Å². The lowest BCUT2D eigenvalue weighted by atomic mass is 9.95. The van der Waals surface area contributed by atoms with Crippen LogP contribution in [0.2, 0.25) is 10.0 Å². The van der Waals surface area contributed by atoms with Crippen molar-refractivity contribution < 1.29 is 23.8 Å². The highest BCUT2D eigenvalue weighted by atomic mass is 35.5. The molecule has 2 aromatic heterocycles. The fourth-order valence-corrected chi connectivity index (χ4v) is 6.62. The standard InChI is InChI=1S/C31H27Cl2FN6O6/c1-38-29(42)26(37-39(2)31(38)45)27(41)35-19-6-4-5-17(24(19)32)23-18(34)9-8-16(25(23)33)20-11-14-7-10-21(22(14)28(36-20)46-3)40-12-15(13-40)30(43)44/h4-6,8-9,11,15,21H,7,10,12-13H2,1-3H3,(H,35,41)(H,43,44). The minimum absolute atomic E-state index is 0.0192. The monoisotopic (exact) mass is 668 g/mol. The number of nitrogens with zero attached hydrogens (tertiary/aromatic N) is 5. The summed E-state index contributed by atoms with van der Waals surface area (Å²) >= 11 is 13.6. The number of fused-ring (bicyclic) bond motifs is 1. The maximum absolute atomic E-state index is 15.5. The van der Waals surface area contributed by atoms with E-state index in [-0.39, 0.29) is 32.9 Å². The topological polar surface area (TPSA) is 149 Å². The molecule has 1 saturated heterocycles. The molecule has 0 saturated carbocycles. The van der Waals surface area contributed by atoms with Gasteiger partial charge in [-0.05, 0) is 42.7 Å². The van der Waals surface area contributed by atoms with E-state index >= 15 is 4.39 Å². The molecule has 0 bridgehead atoms. The number of likely N-dealkylation sites (tertiary alicyclic amines) is 1. The van der Waals surface area contributed by atoms with Crippen molar-refractivity contribution in [2.45, 2.75) is 18.9 Å². The third-order valence-corrected chi connectivity index (χ3v) is 9.24. The number of rotatable bonds is 7. The van der Waals surface area contributed by atoms with Crippen molar-refractivity contribution in [1.29, 1.82) is 0 Å². The number of benzene rings is 2. The highest BCUT2D eigenvalue weighted by molar-refractivity contribution is 6.39. The highest BCUT2D eigenvalue weighted by Crippen LogP contribution is 2.47. The molecule has 4 aromatic rings. The number of aryl methyl sites for hydroxylation is 2. The predicted octanol–water partition coefficient (Wildman–Crippen LogP) is 3.92. The molecular weight excluding hydrogens is 642 g/mol. The zero-order chi connectivity index (χ0) is 33.0. The summed E-state index contributed by atoms with van der Waals surface area (Å²) in [4.78, 5) is 55.7. The number of halogens is 3. The summed E-state index contributed by atoms with van der Waals surface area (Å²) in [6.45, 7) is 0.909. The Bertz CT molecular complexity index is 2060. The van der Waals surface area contributed by atoms with Gasteiger partial charge in [-0.3, -0.25) is 23.9 Å². The maximum atomic E-state index is 15.5. The van der Waals surface area contributed by atoms with E-state index in [0.29, 0.717) is 36.6 Å². The number of carboxylic acid groups (broad SMARTS) is 1. The molecule has 1 aliphatic carbocycles.